The van der Waals surface area contributed by atoms with E-state index < -0.39 is 10.0 Å². The standard InChI is InChI=1S/C22H20N2O3S2/c1-2-24(17-8-4-3-5-9-17)29(25,26)19-14-12-18(13-15-19)27-16-22-23-20-10-6-7-11-21(20)28-22/h3-15H,2,16H2,1H3. The number of hydrogen-bond donors (Lipinski definition) is 0. The second-order valence-corrected chi connectivity index (χ2v) is 9.32. The number of para-hydroxylation sites is 2. The number of rotatable bonds is 7. The topological polar surface area (TPSA) is 59.5 Å². The maximum absolute atomic E-state index is 13.0. The molecule has 0 fully saturated rings. The summed E-state index contributed by atoms with van der Waals surface area (Å²) in [5.74, 6) is 0.603. The highest BCUT2D eigenvalue weighted by atomic mass is 32.2. The third-order valence-corrected chi connectivity index (χ3v) is 7.37. The van der Waals surface area contributed by atoms with Gasteiger partial charge in [0.1, 0.15) is 17.4 Å². The minimum Gasteiger partial charge on any atom is -0.486 e. The monoisotopic (exact) mass is 424 g/mol. The van der Waals surface area contributed by atoms with Crippen LogP contribution in [0.2, 0.25) is 0 Å². The fraction of sp³-hybridized carbons (Fsp3) is 0.136. The number of aromatic nitrogens is 1. The number of nitrogens with zero attached hydrogens (tertiary/aromatic N) is 2. The van der Waals surface area contributed by atoms with Crippen LogP contribution in [0.25, 0.3) is 10.2 Å². The van der Waals surface area contributed by atoms with Gasteiger partial charge >= 0.3 is 0 Å². The van der Waals surface area contributed by atoms with E-state index >= 15 is 0 Å². The van der Waals surface area contributed by atoms with E-state index in [4.69, 9.17) is 4.74 Å². The second kappa shape index (κ2) is 8.23. The summed E-state index contributed by atoms with van der Waals surface area (Å²) in [4.78, 5) is 4.78. The van der Waals surface area contributed by atoms with Gasteiger partial charge in [-0.25, -0.2) is 13.4 Å². The molecule has 0 bridgehead atoms. The van der Waals surface area contributed by atoms with Gasteiger partial charge < -0.3 is 4.74 Å². The first-order valence-corrected chi connectivity index (χ1v) is 11.5. The van der Waals surface area contributed by atoms with E-state index in [1.165, 1.54) is 4.31 Å². The van der Waals surface area contributed by atoms with Crippen LogP contribution in [0.4, 0.5) is 5.69 Å². The molecule has 0 aliphatic carbocycles. The molecule has 0 spiro atoms. The molecule has 4 rings (SSSR count). The molecule has 0 amide bonds. The van der Waals surface area contributed by atoms with Crippen molar-refractivity contribution in [2.75, 3.05) is 10.8 Å². The Morgan fingerprint density at radius 2 is 1.62 bits per heavy atom. The van der Waals surface area contributed by atoms with Crippen molar-refractivity contribution < 1.29 is 13.2 Å². The summed E-state index contributed by atoms with van der Waals surface area (Å²) in [6, 6.07) is 23.6. The Hall–Kier alpha value is -2.90. The Labute approximate surface area is 174 Å². The molecule has 0 unspecified atom stereocenters. The lowest BCUT2D eigenvalue weighted by atomic mass is 10.3. The molecule has 3 aromatic carbocycles. The van der Waals surface area contributed by atoms with Gasteiger partial charge in [-0.05, 0) is 55.5 Å². The fourth-order valence-electron chi connectivity index (χ4n) is 3.05. The zero-order valence-corrected chi connectivity index (χ0v) is 17.5. The lowest BCUT2D eigenvalue weighted by Crippen LogP contribution is -2.30. The van der Waals surface area contributed by atoms with Gasteiger partial charge in [-0.1, -0.05) is 30.3 Å². The Kier molecular flexibility index (Phi) is 5.51. The molecule has 1 heterocycles. The summed E-state index contributed by atoms with van der Waals surface area (Å²) in [6.45, 7) is 2.51. The van der Waals surface area contributed by atoms with Crippen molar-refractivity contribution in [1.29, 1.82) is 0 Å². The van der Waals surface area contributed by atoms with E-state index in [0.29, 0.717) is 24.6 Å². The van der Waals surface area contributed by atoms with Crippen LogP contribution in [0.3, 0.4) is 0 Å². The maximum Gasteiger partial charge on any atom is 0.264 e. The highest BCUT2D eigenvalue weighted by Crippen LogP contribution is 2.26. The van der Waals surface area contributed by atoms with Crippen LogP contribution in [0.15, 0.2) is 83.8 Å². The molecule has 1 aromatic heterocycles. The summed E-state index contributed by atoms with van der Waals surface area (Å²) in [7, 11) is -3.64. The van der Waals surface area contributed by atoms with Gasteiger partial charge in [0, 0.05) is 6.54 Å². The summed E-state index contributed by atoms with van der Waals surface area (Å²) >= 11 is 1.59. The Balaban J connectivity index is 1.49. The van der Waals surface area contributed by atoms with E-state index in [-0.39, 0.29) is 4.90 Å². The molecule has 5 nitrogen and oxygen atoms in total. The molecule has 7 heteroatoms. The van der Waals surface area contributed by atoms with E-state index in [1.807, 2.05) is 49.4 Å². The summed E-state index contributed by atoms with van der Waals surface area (Å²) in [5, 5.41) is 0.879. The first kappa shape index (κ1) is 19.4. The molecule has 4 aromatic rings. The number of sulfonamides is 1. The second-order valence-electron chi connectivity index (χ2n) is 6.34. The van der Waals surface area contributed by atoms with E-state index in [2.05, 4.69) is 4.98 Å². The Bertz CT molecular complexity index is 1170. The fourth-order valence-corrected chi connectivity index (χ4v) is 5.40. The highest BCUT2D eigenvalue weighted by molar-refractivity contribution is 7.92. The number of thiazole rings is 1. The predicted octanol–water partition coefficient (Wildman–Crippen LogP) is 5.09. The minimum absolute atomic E-state index is 0.232. The van der Waals surface area contributed by atoms with Gasteiger partial charge in [-0.15, -0.1) is 11.3 Å². The molecule has 0 saturated heterocycles. The van der Waals surface area contributed by atoms with Crippen LogP contribution in [-0.4, -0.2) is 19.9 Å². The number of benzene rings is 3. The van der Waals surface area contributed by atoms with Crippen LogP contribution in [0, 0.1) is 0 Å². The molecule has 0 aliphatic rings. The molecular formula is C22H20N2O3S2. The van der Waals surface area contributed by atoms with E-state index in [9.17, 15) is 8.42 Å². The quantitative estimate of drug-likeness (QED) is 0.415. The number of hydrogen-bond acceptors (Lipinski definition) is 5. The molecule has 29 heavy (non-hydrogen) atoms. The lowest BCUT2D eigenvalue weighted by Gasteiger charge is -2.23. The van der Waals surface area contributed by atoms with Crippen LogP contribution in [-0.2, 0) is 16.6 Å². The summed E-state index contributed by atoms with van der Waals surface area (Å²) in [5.41, 5.74) is 1.60. The maximum atomic E-state index is 13.0. The average Bonchev–Trinajstić information content (AvgIpc) is 3.17. The van der Waals surface area contributed by atoms with Gasteiger partial charge in [0.25, 0.3) is 10.0 Å². The number of fused-ring (bicyclic) bond motifs is 1. The Morgan fingerprint density at radius 3 is 2.31 bits per heavy atom. The third-order valence-electron chi connectivity index (χ3n) is 4.44. The zero-order chi connectivity index (χ0) is 20.3. The summed E-state index contributed by atoms with van der Waals surface area (Å²) in [6.07, 6.45) is 0. The van der Waals surface area contributed by atoms with Crippen molar-refractivity contribution in [1.82, 2.24) is 4.98 Å². The Morgan fingerprint density at radius 1 is 0.931 bits per heavy atom. The van der Waals surface area contributed by atoms with Gasteiger partial charge in [0.05, 0.1) is 20.8 Å². The van der Waals surface area contributed by atoms with Gasteiger partial charge in [0.15, 0.2) is 0 Å². The predicted molar refractivity (Wildman–Crippen MR) is 117 cm³/mol. The van der Waals surface area contributed by atoms with E-state index in [0.717, 1.165) is 15.2 Å². The normalized spacial score (nSPS) is 11.5. The molecule has 0 saturated carbocycles. The summed E-state index contributed by atoms with van der Waals surface area (Å²) < 4.78 is 34.4. The third kappa shape index (κ3) is 4.11. The molecule has 0 atom stereocenters. The zero-order valence-electron chi connectivity index (χ0n) is 15.9. The van der Waals surface area contributed by atoms with Crippen molar-refractivity contribution in [3.63, 3.8) is 0 Å². The first-order chi connectivity index (χ1) is 14.1. The molecule has 0 N–H and O–H groups in total. The van der Waals surface area contributed by atoms with Gasteiger partial charge in [0.2, 0.25) is 0 Å². The van der Waals surface area contributed by atoms with Crippen LogP contribution in [0.1, 0.15) is 11.9 Å². The van der Waals surface area contributed by atoms with Crippen molar-refractivity contribution in [3.05, 3.63) is 83.9 Å². The highest BCUT2D eigenvalue weighted by Gasteiger charge is 2.23. The van der Waals surface area contributed by atoms with Crippen molar-refractivity contribution in [3.8, 4) is 5.75 Å². The lowest BCUT2D eigenvalue weighted by molar-refractivity contribution is 0.305. The SMILES string of the molecule is CCN(c1ccccc1)S(=O)(=O)c1ccc(OCc2nc3ccccc3s2)cc1. The van der Waals surface area contributed by atoms with Crippen molar-refractivity contribution in [2.24, 2.45) is 0 Å². The van der Waals surface area contributed by atoms with Crippen LogP contribution in [0.5, 0.6) is 5.75 Å². The van der Waals surface area contributed by atoms with Crippen molar-refractivity contribution >= 4 is 37.3 Å². The minimum atomic E-state index is -3.64. The smallest absolute Gasteiger partial charge is 0.264 e. The molecule has 0 radical (unpaired) electrons. The van der Waals surface area contributed by atoms with Crippen LogP contribution >= 0.6 is 11.3 Å². The van der Waals surface area contributed by atoms with E-state index in [1.54, 1.807) is 47.7 Å². The molecule has 0 aliphatic heterocycles. The van der Waals surface area contributed by atoms with Crippen LogP contribution < -0.4 is 9.04 Å². The molecular weight excluding hydrogens is 404 g/mol. The van der Waals surface area contributed by atoms with Crippen molar-refractivity contribution in [2.45, 2.75) is 18.4 Å². The van der Waals surface area contributed by atoms with Gasteiger partial charge in [-0.3, -0.25) is 4.31 Å². The number of ether oxygens (including phenoxy) is 1. The average molecular weight is 425 g/mol. The number of anilines is 1. The molecule has 148 valence electrons. The van der Waals surface area contributed by atoms with Gasteiger partial charge in [-0.2, -0.15) is 0 Å². The largest absolute Gasteiger partial charge is 0.486 e. The first-order valence-electron chi connectivity index (χ1n) is 9.23.